The Morgan fingerprint density at radius 2 is 1.65 bits per heavy atom. The van der Waals surface area contributed by atoms with Gasteiger partial charge in [-0.25, -0.2) is 8.42 Å². The summed E-state index contributed by atoms with van der Waals surface area (Å²) < 4.78 is 23.6. The summed E-state index contributed by atoms with van der Waals surface area (Å²) in [6.45, 7) is 1.61. The number of hydrogen-bond donors (Lipinski definition) is 1. The van der Waals surface area contributed by atoms with E-state index in [1.165, 1.54) is 29.3 Å². The quantitative estimate of drug-likeness (QED) is 0.640. The first-order valence-electron chi connectivity index (χ1n) is 8.22. The molecule has 0 heterocycles. The molecule has 1 amide bonds. The van der Waals surface area contributed by atoms with Crippen molar-refractivity contribution in [1.29, 1.82) is 0 Å². The number of anilines is 1. The Balaban J connectivity index is 1.60. The van der Waals surface area contributed by atoms with Gasteiger partial charge >= 0.3 is 0 Å². The summed E-state index contributed by atoms with van der Waals surface area (Å²) in [6, 6.07) is 20.5. The van der Waals surface area contributed by atoms with Gasteiger partial charge in [0.25, 0.3) is 0 Å². The highest BCUT2D eigenvalue weighted by Gasteiger charge is 2.11. The molecule has 1 N–H and O–H groups in total. The maximum atomic E-state index is 12.1. The van der Waals surface area contributed by atoms with Gasteiger partial charge in [0.1, 0.15) is 0 Å². The van der Waals surface area contributed by atoms with Crippen molar-refractivity contribution in [3.8, 4) is 0 Å². The zero-order valence-electron chi connectivity index (χ0n) is 14.3. The van der Waals surface area contributed by atoms with E-state index in [1.807, 2.05) is 30.3 Å². The molecule has 0 saturated heterocycles. The molecule has 0 aliphatic heterocycles. The van der Waals surface area contributed by atoms with Gasteiger partial charge in [0.2, 0.25) is 5.91 Å². The minimum atomic E-state index is -3.22. The molecule has 0 spiro atoms. The lowest BCUT2D eigenvalue weighted by molar-refractivity contribution is -0.113. The van der Waals surface area contributed by atoms with Gasteiger partial charge in [-0.2, -0.15) is 0 Å². The zero-order valence-corrected chi connectivity index (χ0v) is 15.9. The number of thioether (sulfide) groups is 1. The Bertz CT molecular complexity index is 1030. The average molecular weight is 386 g/mol. The molecule has 4 nitrogen and oxygen atoms in total. The summed E-state index contributed by atoms with van der Waals surface area (Å²) in [5.41, 5.74) is 0.587. The number of hydrogen-bond acceptors (Lipinski definition) is 4. The molecule has 26 heavy (non-hydrogen) atoms. The average Bonchev–Trinajstić information content (AvgIpc) is 2.66. The first-order chi connectivity index (χ1) is 12.5. The Labute approximate surface area is 157 Å². The van der Waals surface area contributed by atoms with E-state index in [4.69, 9.17) is 0 Å². The molecule has 0 aliphatic carbocycles. The number of fused-ring (bicyclic) bond motifs is 1. The van der Waals surface area contributed by atoms with Crippen LogP contribution in [0.1, 0.15) is 6.92 Å². The van der Waals surface area contributed by atoms with Crippen molar-refractivity contribution in [1.82, 2.24) is 0 Å². The Kier molecular flexibility index (Phi) is 5.64. The smallest absolute Gasteiger partial charge is 0.234 e. The predicted octanol–water partition coefficient (Wildman–Crippen LogP) is 4.36. The van der Waals surface area contributed by atoms with Gasteiger partial charge in [-0.1, -0.05) is 37.3 Å². The number of carbonyl (C=O) groups is 1. The minimum Gasteiger partial charge on any atom is -0.325 e. The number of nitrogens with one attached hydrogen (secondary N) is 1. The molecule has 6 heteroatoms. The molecule has 0 unspecified atom stereocenters. The van der Waals surface area contributed by atoms with Crippen LogP contribution in [0.2, 0.25) is 0 Å². The fourth-order valence-electron chi connectivity index (χ4n) is 2.52. The van der Waals surface area contributed by atoms with E-state index in [9.17, 15) is 13.2 Å². The van der Waals surface area contributed by atoms with Crippen LogP contribution in [0.15, 0.2) is 76.5 Å². The van der Waals surface area contributed by atoms with Gasteiger partial charge in [0.05, 0.1) is 16.4 Å². The molecule has 0 aromatic heterocycles. The van der Waals surface area contributed by atoms with Crippen LogP contribution in [0, 0.1) is 0 Å². The lowest BCUT2D eigenvalue weighted by atomic mass is 10.1. The van der Waals surface area contributed by atoms with Crippen molar-refractivity contribution < 1.29 is 13.2 Å². The summed E-state index contributed by atoms with van der Waals surface area (Å²) in [5.74, 6) is 0.211. The molecule has 0 bridgehead atoms. The summed E-state index contributed by atoms with van der Waals surface area (Å²) in [5, 5.41) is 5.11. The largest absolute Gasteiger partial charge is 0.325 e. The first kappa shape index (κ1) is 18.5. The van der Waals surface area contributed by atoms with E-state index in [-0.39, 0.29) is 22.3 Å². The summed E-state index contributed by atoms with van der Waals surface area (Å²) in [4.78, 5) is 13.4. The second kappa shape index (κ2) is 7.93. The van der Waals surface area contributed by atoms with Crippen molar-refractivity contribution in [3.05, 3.63) is 66.7 Å². The lowest BCUT2D eigenvalue weighted by Crippen LogP contribution is -2.14. The number of carbonyl (C=O) groups excluding carboxylic acids is 1. The fraction of sp³-hybridized carbons (Fsp3) is 0.150. The minimum absolute atomic E-state index is 0.0567. The van der Waals surface area contributed by atoms with E-state index in [1.54, 1.807) is 19.1 Å². The molecule has 3 aromatic carbocycles. The monoisotopic (exact) mass is 385 g/mol. The van der Waals surface area contributed by atoms with Crippen molar-refractivity contribution in [2.45, 2.75) is 16.7 Å². The SMILES string of the molecule is CCS(=O)(=O)c1ccc(NC(=O)CSc2ccc3ccccc3c2)cc1. The summed E-state index contributed by atoms with van der Waals surface area (Å²) >= 11 is 1.47. The highest BCUT2D eigenvalue weighted by Crippen LogP contribution is 2.24. The van der Waals surface area contributed by atoms with Crippen molar-refractivity contribution in [3.63, 3.8) is 0 Å². The van der Waals surface area contributed by atoms with Crippen LogP contribution in [0.25, 0.3) is 10.8 Å². The third-order valence-corrected chi connectivity index (χ3v) is 6.71. The van der Waals surface area contributed by atoms with Crippen LogP contribution in [0.3, 0.4) is 0 Å². The molecular formula is C20H19NO3S2. The second-order valence-corrected chi connectivity index (χ2v) is 9.10. The maximum absolute atomic E-state index is 12.1. The molecule has 0 atom stereocenters. The summed E-state index contributed by atoms with van der Waals surface area (Å²) in [7, 11) is -3.22. The third-order valence-electron chi connectivity index (χ3n) is 3.97. The highest BCUT2D eigenvalue weighted by molar-refractivity contribution is 8.00. The molecule has 0 fully saturated rings. The van der Waals surface area contributed by atoms with Crippen molar-refractivity contribution >= 4 is 44.0 Å². The molecule has 0 saturated carbocycles. The lowest BCUT2D eigenvalue weighted by Gasteiger charge is -2.07. The van der Waals surface area contributed by atoms with Crippen LogP contribution in [-0.4, -0.2) is 25.8 Å². The van der Waals surface area contributed by atoms with Crippen LogP contribution in [0.4, 0.5) is 5.69 Å². The second-order valence-electron chi connectivity index (χ2n) is 5.77. The molecule has 3 rings (SSSR count). The molecule has 134 valence electrons. The van der Waals surface area contributed by atoms with Gasteiger partial charge in [0.15, 0.2) is 9.84 Å². The number of rotatable bonds is 6. The van der Waals surface area contributed by atoms with E-state index in [0.29, 0.717) is 5.69 Å². The predicted molar refractivity (Wildman–Crippen MR) is 107 cm³/mol. The number of sulfone groups is 1. The molecule has 0 aliphatic rings. The van der Waals surface area contributed by atoms with Crippen LogP contribution in [0.5, 0.6) is 0 Å². The number of amides is 1. The van der Waals surface area contributed by atoms with Gasteiger partial charge in [-0.15, -0.1) is 11.8 Å². The van der Waals surface area contributed by atoms with Crippen LogP contribution >= 0.6 is 11.8 Å². The highest BCUT2D eigenvalue weighted by atomic mass is 32.2. The Morgan fingerprint density at radius 3 is 2.35 bits per heavy atom. The van der Waals surface area contributed by atoms with Gasteiger partial charge in [-0.05, 0) is 47.2 Å². The topological polar surface area (TPSA) is 63.2 Å². The van der Waals surface area contributed by atoms with E-state index in [0.717, 1.165) is 10.3 Å². The Hall–Kier alpha value is -2.31. The third kappa shape index (κ3) is 4.45. The van der Waals surface area contributed by atoms with E-state index >= 15 is 0 Å². The molecular weight excluding hydrogens is 366 g/mol. The molecule has 0 radical (unpaired) electrons. The van der Waals surface area contributed by atoms with Gasteiger partial charge < -0.3 is 5.32 Å². The Morgan fingerprint density at radius 1 is 0.962 bits per heavy atom. The van der Waals surface area contributed by atoms with E-state index < -0.39 is 9.84 Å². The van der Waals surface area contributed by atoms with Gasteiger partial charge in [0, 0.05) is 10.6 Å². The fourth-order valence-corrected chi connectivity index (χ4v) is 4.14. The van der Waals surface area contributed by atoms with E-state index in [2.05, 4.69) is 17.4 Å². The molecule has 3 aromatic rings. The van der Waals surface area contributed by atoms with Crippen molar-refractivity contribution in [2.24, 2.45) is 0 Å². The first-order valence-corrected chi connectivity index (χ1v) is 10.9. The maximum Gasteiger partial charge on any atom is 0.234 e. The van der Waals surface area contributed by atoms with Crippen molar-refractivity contribution in [2.75, 3.05) is 16.8 Å². The summed E-state index contributed by atoms with van der Waals surface area (Å²) in [6.07, 6.45) is 0. The zero-order chi connectivity index (χ0) is 18.6. The van der Waals surface area contributed by atoms with Crippen LogP contribution in [-0.2, 0) is 14.6 Å². The van der Waals surface area contributed by atoms with Crippen LogP contribution < -0.4 is 5.32 Å². The van der Waals surface area contributed by atoms with Gasteiger partial charge in [-0.3, -0.25) is 4.79 Å². The number of benzene rings is 3. The standard InChI is InChI=1S/C20H19NO3S2/c1-2-26(23,24)19-11-8-17(9-12-19)21-20(22)14-25-18-10-7-15-5-3-4-6-16(15)13-18/h3-13H,2,14H2,1H3,(H,21,22). The normalized spacial score (nSPS) is 11.4.